The van der Waals surface area contributed by atoms with Gasteiger partial charge in [0.25, 0.3) is 0 Å². The van der Waals surface area contributed by atoms with E-state index >= 15 is 0 Å². The van der Waals surface area contributed by atoms with Crippen LogP contribution in [-0.2, 0) is 23.8 Å². The van der Waals surface area contributed by atoms with Gasteiger partial charge >= 0.3 is 11.9 Å². The predicted molar refractivity (Wildman–Crippen MR) is 167 cm³/mol. The van der Waals surface area contributed by atoms with Gasteiger partial charge in [0, 0.05) is 5.41 Å². The molecule has 6 aliphatic rings. The monoisotopic (exact) mass is 648 g/mol. The smallest absolute Gasteiger partial charge is 0.311 e. The molecule has 1 heterocycles. The molecule has 0 aromatic rings. The summed E-state index contributed by atoms with van der Waals surface area (Å²) in [6.45, 7) is 10.9. The maximum Gasteiger partial charge on any atom is 0.311 e. The first-order chi connectivity index (χ1) is 21.5. The molecule has 1 aliphatic heterocycles. The molecule has 46 heavy (non-hydrogen) atoms. The molecule has 0 aromatic carbocycles. The molecule has 14 unspecified atom stereocenters. The Morgan fingerprint density at radius 1 is 0.935 bits per heavy atom. The molecule has 260 valence electrons. The number of allylic oxidation sites excluding steroid dienone is 2. The summed E-state index contributed by atoms with van der Waals surface area (Å²) in [4.78, 5) is 26.0. The van der Waals surface area contributed by atoms with E-state index in [1.807, 2.05) is 6.92 Å². The number of rotatable bonds is 5. The SMILES string of the molecule is COC(=O)C1(C)CCC2(C(=O)O)CCC3(C)C(=CCC4C5(C)CCC(OC6OCC(O)C(O)C6O)C(C)(CO)C5CCC43C)C2C1. The lowest BCUT2D eigenvalue weighted by atomic mass is 9.33. The Labute approximate surface area is 272 Å². The largest absolute Gasteiger partial charge is 0.481 e. The highest BCUT2D eigenvalue weighted by atomic mass is 16.7. The number of ether oxygens (including phenoxy) is 3. The van der Waals surface area contributed by atoms with Crippen molar-refractivity contribution in [2.75, 3.05) is 20.3 Å². The fraction of sp³-hybridized carbons (Fsp3) is 0.889. The van der Waals surface area contributed by atoms with Crippen molar-refractivity contribution in [3.05, 3.63) is 11.6 Å². The fourth-order valence-electron chi connectivity index (χ4n) is 12.2. The summed E-state index contributed by atoms with van der Waals surface area (Å²) in [6, 6.07) is 0. The molecule has 10 nitrogen and oxygen atoms in total. The van der Waals surface area contributed by atoms with Crippen LogP contribution in [0.25, 0.3) is 0 Å². The van der Waals surface area contributed by atoms with Crippen LogP contribution in [0.4, 0.5) is 0 Å². The minimum Gasteiger partial charge on any atom is -0.481 e. The summed E-state index contributed by atoms with van der Waals surface area (Å²) in [6.07, 6.45) is 3.88. The first-order valence-corrected chi connectivity index (χ1v) is 17.4. The molecule has 0 bridgehead atoms. The van der Waals surface area contributed by atoms with E-state index in [2.05, 4.69) is 33.8 Å². The quantitative estimate of drug-likeness (QED) is 0.168. The van der Waals surface area contributed by atoms with Crippen LogP contribution in [0.5, 0.6) is 0 Å². The van der Waals surface area contributed by atoms with Gasteiger partial charge in [-0.05, 0) is 105 Å². The topological polar surface area (TPSA) is 163 Å². The maximum absolute atomic E-state index is 13.0. The van der Waals surface area contributed by atoms with E-state index in [-0.39, 0.29) is 47.3 Å². The highest BCUT2D eigenvalue weighted by Crippen LogP contribution is 2.76. The van der Waals surface area contributed by atoms with Crippen LogP contribution in [-0.4, -0.2) is 88.5 Å². The van der Waals surface area contributed by atoms with Crippen LogP contribution in [0.3, 0.4) is 0 Å². The number of carbonyl (C=O) groups excluding carboxylic acids is 1. The molecule has 10 heteroatoms. The lowest BCUT2D eigenvalue weighted by Gasteiger charge is -2.71. The Bertz CT molecular complexity index is 1270. The van der Waals surface area contributed by atoms with Gasteiger partial charge in [-0.2, -0.15) is 0 Å². The van der Waals surface area contributed by atoms with Gasteiger partial charge in [-0.1, -0.05) is 39.3 Å². The zero-order chi connectivity index (χ0) is 33.7. The number of fused-ring (bicyclic) bond motifs is 7. The van der Waals surface area contributed by atoms with Crippen molar-refractivity contribution in [3.8, 4) is 0 Å². The molecule has 0 spiro atoms. The number of carboxylic acids is 1. The van der Waals surface area contributed by atoms with Crippen molar-refractivity contribution in [2.24, 2.45) is 50.2 Å². The van der Waals surface area contributed by atoms with Gasteiger partial charge in [0.05, 0.1) is 37.3 Å². The van der Waals surface area contributed by atoms with E-state index in [1.54, 1.807) is 0 Å². The van der Waals surface area contributed by atoms with E-state index < -0.39 is 52.9 Å². The van der Waals surface area contributed by atoms with Crippen LogP contribution < -0.4 is 0 Å². The number of esters is 1. The fourth-order valence-corrected chi connectivity index (χ4v) is 12.2. The number of aliphatic carboxylic acids is 1. The molecule has 5 fully saturated rings. The highest BCUT2D eigenvalue weighted by Gasteiger charge is 2.70. The number of carboxylic acid groups (broad SMARTS) is 1. The molecule has 4 saturated carbocycles. The van der Waals surface area contributed by atoms with E-state index in [4.69, 9.17) is 14.2 Å². The Balaban J connectivity index is 1.33. The Hall–Kier alpha value is -1.56. The zero-order valence-electron chi connectivity index (χ0n) is 28.5. The molecule has 0 radical (unpaired) electrons. The predicted octanol–water partition coefficient (Wildman–Crippen LogP) is 3.82. The summed E-state index contributed by atoms with van der Waals surface area (Å²) in [7, 11) is 1.42. The lowest BCUT2D eigenvalue weighted by Crippen LogP contribution is -2.66. The molecule has 5 N–H and O–H groups in total. The van der Waals surface area contributed by atoms with Crippen LogP contribution in [0.2, 0.25) is 0 Å². The van der Waals surface area contributed by atoms with Crippen LogP contribution in [0.1, 0.15) is 98.8 Å². The first kappa shape index (κ1) is 34.3. The first-order valence-electron chi connectivity index (χ1n) is 17.4. The van der Waals surface area contributed by atoms with Crippen molar-refractivity contribution in [3.63, 3.8) is 0 Å². The van der Waals surface area contributed by atoms with Crippen molar-refractivity contribution in [2.45, 2.75) is 130 Å². The molecule has 5 aliphatic carbocycles. The molecule has 0 aromatic heterocycles. The molecular formula is C36H56O10. The zero-order valence-corrected chi connectivity index (χ0v) is 28.5. The van der Waals surface area contributed by atoms with Gasteiger partial charge in [-0.3, -0.25) is 9.59 Å². The maximum atomic E-state index is 13.0. The van der Waals surface area contributed by atoms with Crippen molar-refractivity contribution >= 4 is 11.9 Å². The third kappa shape index (κ3) is 4.49. The van der Waals surface area contributed by atoms with E-state index in [1.165, 1.54) is 12.7 Å². The second-order valence-corrected chi connectivity index (χ2v) is 17.1. The normalized spacial score (nSPS) is 53.5. The Kier molecular flexibility index (Phi) is 8.38. The van der Waals surface area contributed by atoms with E-state index in [0.717, 1.165) is 32.1 Å². The van der Waals surface area contributed by atoms with Crippen molar-refractivity contribution in [1.82, 2.24) is 0 Å². The van der Waals surface area contributed by atoms with Crippen molar-refractivity contribution < 1.29 is 49.3 Å². The van der Waals surface area contributed by atoms with Gasteiger partial charge in [0.1, 0.15) is 18.3 Å². The standard InChI is InChI=1S/C36H56O10/c1-31(30(43)44-6)13-15-36(29(41)42)16-14-34(4)20(21(36)17-31)7-8-24-32(2)11-10-25(46-28-27(40)26(39)22(38)18-45-28)33(3,19-37)23(32)9-12-35(24,34)5/h7,21-28,37-40H,8-19H2,1-6H3,(H,41,42). The number of carbonyl (C=O) groups is 2. The lowest BCUT2D eigenvalue weighted by molar-refractivity contribution is -0.312. The minimum atomic E-state index is -1.39. The number of hydrogen-bond acceptors (Lipinski definition) is 9. The van der Waals surface area contributed by atoms with Gasteiger partial charge < -0.3 is 39.7 Å². The molecule has 14 atom stereocenters. The van der Waals surface area contributed by atoms with E-state index in [0.29, 0.717) is 38.0 Å². The van der Waals surface area contributed by atoms with E-state index in [9.17, 15) is 35.1 Å². The highest BCUT2D eigenvalue weighted by molar-refractivity contribution is 5.80. The average Bonchev–Trinajstić information content (AvgIpc) is 3.02. The summed E-state index contributed by atoms with van der Waals surface area (Å²) in [5.41, 5.74) is -1.47. The van der Waals surface area contributed by atoms with Crippen LogP contribution in [0.15, 0.2) is 11.6 Å². The van der Waals surface area contributed by atoms with Gasteiger partial charge in [-0.25, -0.2) is 0 Å². The number of aliphatic hydroxyl groups is 4. The Morgan fingerprint density at radius 2 is 1.63 bits per heavy atom. The summed E-state index contributed by atoms with van der Waals surface area (Å²) in [5.74, 6) is -0.822. The average molecular weight is 649 g/mol. The molecule has 6 rings (SSSR count). The number of aliphatic hydroxyl groups excluding tert-OH is 4. The van der Waals surface area contributed by atoms with Gasteiger partial charge in [-0.15, -0.1) is 0 Å². The van der Waals surface area contributed by atoms with Crippen LogP contribution in [0, 0.1) is 50.2 Å². The third-order valence-corrected chi connectivity index (χ3v) is 15.3. The molecule has 0 amide bonds. The molecular weight excluding hydrogens is 592 g/mol. The van der Waals surface area contributed by atoms with Crippen molar-refractivity contribution in [1.29, 1.82) is 0 Å². The summed E-state index contributed by atoms with van der Waals surface area (Å²) >= 11 is 0. The Morgan fingerprint density at radius 3 is 2.28 bits per heavy atom. The second-order valence-electron chi connectivity index (χ2n) is 17.1. The third-order valence-electron chi connectivity index (χ3n) is 15.3. The number of hydrogen-bond donors (Lipinski definition) is 5. The summed E-state index contributed by atoms with van der Waals surface area (Å²) in [5, 5.41) is 52.5. The van der Waals surface area contributed by atoms with Gasteiger partial charge in [0.15, 0.2) is 6.29 Å². The van der Waals surface area contributed by atoms with Gasteiger partial charge in [0.2, 0.25) is 0 Å². The van der Waals surface area contributed by atoms with Crippen LogP contribution >= 0.6 is 0 Å². The second kappa shape index (κ2) is 11.2. The minimum absolute atomic E-state index is 0.0942. The number of methoxy groups -OCH3 is 1. The summed E-state index contributed by atoms with van der Waals surface area (Å²) < 4.78 is 17.2. The molecule has 1 saturated heterocycles.